The van der Waals surface area contributed by atoms with E-state index in [-0.39, 0.29) is 0 Å². The van der Waals surface area contributed by atoms with Crippen molar-refractivity contribution in [2.75, 3.05) is 19.8 Å². The van der Waals surface area contributed by atoms with E-state index >= 15 is 0 Å². The van der Waals surface area contributed by atoms with Gasteiger partial charge in [-0.1, -0.05) is 18.2 Å². The third kappa shape index (κ3) is 2.90. The topological polar surface area (TPSA) is 15.3 Å². The summed E-state index contributed by atoms with van der Waals surface area (Å²) in [7, 11) is 4.45. The summed E-state index contributed by atoms with van der Waals surface area (Å²) in [6, 6.07) is 11.1. The maximum Gasteiger partial charge on any atom is 0.0367 e. The van der Waals surface area contributed by atoms with E-state index < -0.39 is 0 Å². The lowest BCUT2D eigenvalue weighted by Crippen LogP contribution is -2.42. The molecule has 0 spiro atoms. The van der Waals surface area contributed by atoms with Crippen molar-refractivity contribution in [2.24, 2.45) is 0 Å². The Morgan fingerprint density at radius 1 is 1.10 bits per heavy atom. The molecule has 3 rings (SSSR count). The van der Waals surface area contributed by atoms with E-state index in [2.05, 4.69) is 48.6 Å². The van der Waals surface area contributed by atoms with Crippen molar-refractivity contribution in [2.45, 2.75) is 55.1 Å². The Morgan fingerprint density at radius 3 is 2.60 bits per heavy atom. The van der Waals surface area contributed by atoms with Gasteiger partial charge in [0.15, 0.2) is 0 Å². The third-order valence-electron chi connectivity index (χ3n) is 5.10. The Labute approximate surface area is 127 Å². The van der Waals surface area contributed by atoms with Crippen molar-refractivity contribution in [3.63, 3.8) is 0 Å². The Bertz CT molecular complexity index is 440. The molecule has 1 aliphatic carbocycles. The van der Waals surface area contributed by atoms with Crippen LogP contribution in [0.2, 0.25) is 0 Å². The monoisotopic (exact) mass is 290 g/mol. The van der Waals surface area contributed by atoms with Gasteiger partial charge in [0, 0.05) is 23.0 Å². The molecule has 20 heavy (non-hydrogen) atoms. The number of hydrogen-bond acceptors (Lipinski definition) is 3. The lowest BCUT2D eigenvalue weighted by Gasteiger charge is -2.41. The Kier molecular flexibility index (Phi) is 4.69. The van der Waals surface area contributed by atoms with Gasteiger partial charge in [0.2, 0.25) is 0 Å². The van der Waals surface area contributed by atoms with E-state index in [9.17, 15) is 0 Å². The van der Waals surface area contributed by atoms with Crippen LogP contribution in [0.25, 0.3) is 0 Å². The molecule has 110 valence electrons. The molecule has 1 heterocycles. The average Bonchev–Trinajstić information content (AvgIpc) is 2.54. The van der Waals surface area contributed by atoms with Crippen LogP contribution in [-0.2, 0) is 0 Å². The van der Waals surface area contributed by atoms with Crippen LogP contribution in [0.1, 0.15) is 43.7 Å². The summed E-state index contributed by atoms with van der Waals surface area (Å²) >= 11 is 2.02. The zero-order chi connectivity index (χ0) is 13.9. The number of hydrogen-bond donors (Lipinski definition) is 1. The summed E-state index contributed by atoms with van der Waals surface area (Å²) in [6.07, 6.45) is 6.63. The van der Waals surface area contributed by atoms with Crippen molar-refractivity contribution in [1.29, 1.82) is 0 Å². The predicted octanol–water partition coefficient (Wildman–Crippen LogP) is 3.69. The van der Waals surface area contributed by atoms with Gasteiger partial charge in [0.1, 0.15) is 0 Å². The van der Waals surface area contributed by atoms with Crippen molar-refractivity contribution < 1.29 is 0 Å². The van der Waals surface area contributed by atoms with Gasteiger partial charge in [-0.3, -0.25) is 4.90 Å². The molecule has 1 unspecified atom stereocenters. The fourth-order valence-corrected chi connectivity index (χ4v) is 4.88. The standard InChI is InChI=1S/C17H26N2S/c1-18-13-7-9-14(10-8-13)19(2)16-11-12-20-17-6-4-3-5-15(16)17/h3-6,13-14,16,18H,7-12H2,1-2H3. The van der Waals surface area contributed by atoms with Crippen molar-refractivity contribution in [3.05, 3.63) is 29.8 Å². The summed E-state index contributed by atoms with van der Waals surface area (Å²) < 4.78 is 0. The van der Waals surface area contributed by atoms with Gasteiger partial charge >= 0.3 is 0 Å². The number of benzene rings is 1. The molecular formula is C17H26N2S. The molecule has 1 saturated carbocycles. The Hall–Kier alpha value is -0.510. The molecule has 0 aromatic heterocycles. The quantitative estimate of drug-likeness (QED) is 0.914. The maximum atomic E-state index is 3.44. The zero-order valence-corrected chi connectivity index (χ0v) is 13.5. The summed E-state index contributed by atoms with van der Waals surface area (Å²) in [5.74, 6) is 1.26. The number of nitrogens with one attached hydrogen (secondary N) is 1. The van der Waals surface area contributed by atoms with E-state index in [0.717, 1.165) is 12.1 Å². The van der Waals surface area contributed by atoms with Crippen molar-refractivity contribution in [1.82, 2.24) is 10.2 Å². The number of rotatable bonds is 3. The summed E-state index contributed by atoms with van der Waals surface area (Å²) in [6.45, 7) is 0. The highest BCUT2D eigenvalue weighted by Gasteiger charge is 2.30. The largest absolute Gasteiger partial charge is 0.317 e. The molecular weight excluding hydrogens is 264 g/mol. The van der Waals surface area contributed by atoms with Gasteiger partial charge in [0.25, 0.3) is 0 Å². The van der Waals surface area contributed by atoms with Gasteiger partial charge in [-0.2, -0.15) is 0 Å². The molecule has 0 amide bonds. The molecule has 1 aliphatic heterocycles. The maximum absolute atomic E-state index is 3.44. The first-order valence-corrected chi connectivity index (χ1v) is 8.89. The number of fused-ring (bicyclic) bond motifs is 1. The molecule has 2 nitrogen and oxygen atoms in total. The van der Waals surface area contributed by atoms with Crippen molar-refractivity contribution >= 4 is 11.8 Å². The lowest BCUT2D eigenvalue weighted by molar-refractivity contribution is 0.123. The van der Waals surface area contributed by atoms with E-state index in [1.54, 1.807) is 5.56 Å². The molecule has 3 heteroatoms. The first-order valence-electron chi connectivity index (χ1n) is 7.90. The average molecular weight is 290 g/mol. The van der Waals surface area contributed by atoms with Crippen LogP contribution in [-0.4, -0.2) is 36.8 Å². The van der Waals surface area contributed by atoms with Crippen LogP contribution < -0.4 is 5.32 Å². The second-order valence-electron chi connectivity index (χ2n) is 6.15. The van der Waals surface area contributed by atoms with E-state index in [0.29, 0.717) is 6.04 Å². The minimum Gasteiger partial charge on any atom is -0.317 e. The van der Waals surface area contributed by atoms with Gasteiger partial charge in [-0.25, -0.2) is 0 Å². The van der Waals surface area contributed by atoms with Gasteiger partial charge in [0.05, 0.1) is 0 Å². The molecule has 1 atom stereocenters. The highest BCUT2D eigenvalue weighted by molar-refractivity contribution is 7.99. The minimum absolute atomic E-state index is 0.628. The molecule has 0 radical (unpaired) electrons. The highest BCUT2D eigenvalue weighted by atomic mass is 32.2. The molecule has 1 fully saturated rings. The fraction of sp³-hybridized carbons (Fsp3) is 0.647. The molecule has 0 bridgehead atoms. The van der Waals surface area contributed by atoms with Crippen LogP contribution in [0.4, 0.5) is 0 Å². The summed E-state index contributed by atoms with van der Waals surface area (Å²) in [5.41, 5.74) is 1.56. The van der Waals surface area contributed by atoms with Crippen molar-refractivity contribution in [3.8, 4) is 0 Å². The Morgan fingerprint density at radius 2 is 1.85 bits per heavy atom. The molecule has 1 N–H and O–H groups in total. The first kappa shape index (κ1) is 14.4. The SMILES string of the molecule is CNC1CCC(N(C)C2CCSc3ccccc32)CC1. The van der Waals surface area contributed by atoms with Crippen LogP contribution in [0.5, 0.6) is 0 Å². The fourth-order valence-electron chi connectivity index (χ4n) is 3.77. The normalized spacial score (nSPS) is 30.2. The van der Waals surface area contributed by atoms with E-state index in [1.807, 2.05) is 11.8 Å². The number of thioether (sulfide) groups is 1. The second kappa shape index (κ2) is 6.50. The van der Waals surface area contributed by atoms with Gasteiger partial charge in [-0.05, 0) is 63.6 Å². The molecule has 0 saturated heterocycles. The zero-order valence-electron chi connectivity index (χ0n) is 12.6. The van der Waals surface area contributed by atoms with Crippen LogP contribution in [0.15, 0.2) is 29.2 Å². The minimum atomic E-state index is 0.628. The van der Waals surface area contributed by atoms with Crippen LogP contribution >= 0.6 is 11.8 Å². The number of nitrogens with zero attached hydrogens (tertiary/aromatic N) is 1. The van der Waals surface area contributed by atoms with Gasteiger partial charge < -0.3 is 5.32 Å². The van der Waals surface area contributed by atoms with Gasteiger partial charge in [-0.15, -0.1) is 11.8 Å². The lowest BCUT2D eigenvalue weighted by atomic mass is 9.88. The van der Waals surface area contributed by atoms with E-state index in [4.69, 9.17) is 0 Å². The molecule has 1 aromatic rings. The third-order valence-corrected chi connectivity index (χ3v) is 6.22. The smallest absolute Gasteiger partial charge is 0.0367 e. The molecule has 1 aromatic carbocycles. The highest BCUT2D eigenvalue weighted by Crippen LogP contribution is 2.40. The first-order chi connectivity index (χ1) is 9.79. The summed E-state index contributed by atoms with van der Waals surface area (Å²) in [4.78, 5) is 4.17. The Balaban J connectivity index is 1.71. The van der Waals surface area contributed by atoms with Crippen LogP contribution in [0, 0.1) is 0 Å². The van der Waals surface area contributed by atoms with E-state index in [1.165, 1.54) is 42.8 Å². The second-order valence-corrected chi connectivity index (χ2v) is 7.29. The molecule has 2 aliphatic rings. The predicted molar refractivity (Wildman–Crippen MR) is 87.4 cm³/mol. The van der Waals surface area contributed by atoms with Crippen LogP contribution in [0.3, 0.4) is 0 Å². The summed E-state index contributed by atoms with van der Waals surface area (Å²) in [5, 5.41) is 3.44.